The first-order valence-electron chi connectivity index (χ1n) is 10.3. The van der Waals surface area contributed by atoms with E-state index >= 15 is 0 Å². The van der Waals surface area contributed by atoms with Crippen LogP contribution in [0.1, 0.15) is 82.6 Å². The molecule has 2 saturated carbocycles. The summed E-state index contributed by atoms with van der Waals surface area (Å²) in [5, 5.41) is 0. The zero-order chi connectivity index (χ0) is 17.6. The molecule has 0 amide bonds. The molecule has 2 fully saturated rings. The van der Waals surface area contributed by atoms with Crippen molar-refractivity contribution in [3.05, 3.63) is 35.4 Å². The van der Waals surface area contributed by atoms with Gasteiger partial charge in [0.25, 0.3) is 0 Å². The van der Waals surface area contributed by atoms with Crippen molar-refractivity contribution in [1.29, 1.82) is 0 Å². The van der Waals surface area contributed by atoms with Gasteiger partial charge in [-0.05, 0) is 66.7 Å². The third kappa shape index (κ3) is 5.38. The largest absolute Gasteiger partial charge is 0.204 e. The van der Waals surface area contributed by atoms with E-state index in [4.69, 9.17) is 0 Å². The second kappa shape index (κ2) is 9.30. The van der Waals surface area contributed by atoms with Crippen LogP contribution in [0.3, 0.4) is 0 Å². The average Bonchev–Trinajstić information content (AvgIpc) is 2.64. The van der Waals surface area contributed by atoms with Crippen molar-refractivity contribution in [2.75, 3.05) is 0 Å². The molecule has 2 radical (unpaired) electrons. The van der Waals surface area contributed by atoms with Gasteiger partial charge >= 0.3 is 0 Å². The third-order valence-electron chi connectivity index (χ3n) is 6.58. The van der Waals surface area contributed by atoms with Gasteiger partial charge in [0.1, 0.15) is 0 Å². The number of rotatable bonds is 6. The minimum Gasteiger partial charge on any atom is -0.204 e. The van der Waals surface area contributed by atoms with E-state index in [2.05, 4.69) is 6.92 Å². The first-order chi connectivity index (χ1) is 12.2. The van der Waals surface area contributed by atoms with Gasteiger partial charge in [-0.1, -0.05) is 57.6 Å². The highest BCUT2D eigenvalue weighted by Gasteiger charge is 2.25. The summed E-state index contributed by atoms with van der Waals surface area (Å²) < 4.78 is 26.5. The van der Waals surface area contributed by atoms with Crippen molar-refractivity contribution in [2.24, 2.45) is 11.8 Å². The average molecular weight is 363 g/mol. The molecule has 3 rings (SSSR count). The van der Waals surface area contributed by atoms with Crippen LogP contribution < -0.4 is 0 Å². The normalized spacial score (nSPS) is 30.4. The molecule has 0 atom stereocenters. The maximum absolute atomic E-state index is 13.4. The predicted octanol–water partition coefficient (Wildman–Crippen LogP) is 7.14. The van der Waals surface area contributed by atoms with Gasteiger partial charge < -0.3 is 0 Å². The highest BCUT2D eigenvalue weighted by atomic mass is 28.2. The Labute approximate surface area is 154 Å². The Morgan fingerprint density at radius 3 is 2.00 bits per heavy atom. The SMILES string of the molecule is CC[Si]C1CCC(CCC2CCC(c3ccc(F)c(F)c3)CC2)CC1. The van der Waals surface area contributed by atoms with Crippen molar-refractivity contribution in [3.8, 4) is 0 Å². The van der Waals surface area contributed by atoms with Gasteiger partial charge in [-0.25, -0.2) is 8.78 Å². The zero-order valence-corrected chi connectivity index (χ0v) is 16.6. The molecule has 0 nitrogen and oxygen atoms in total. The van der Waals surface area contributed by atoms with Crippen LogP contribution in [0.5, 0.6) is 0 Å². The van der Waals surface area contributed by atoms with Gasteiger partial charge in [-0.15, -0.1) is 0 Å². The third-order valence-corrected chi connectivity index (χ3v) is 8.15. The summed E-state index contributed by atoms with van der Waals surface area (Å²) >= 11 is 0. The summed E-state index contributed by atoms with van der Waals surface area (Å²) in [5.74, 6) is 0.834. The maximum Gasteiger partial charge on any atom is 0.159 e. The Balaban J connectivity index is 1.37. The summed E-state index contributed by atoms with van der Waals surface area (Å²) in [4.78, 5) is 0. The molecule has 3 heteroatoms. The van der Waals surface area contributed by atoms with Gasteiger partial charge in [-0.3, -0.25) is 0 Å². The van der Waals surface area contributed by atoms with E-state index in [0.717, 1.165) is 35.8 Å². The maximum atomic E-state index is 13.4. The van der Waals surface area contributed by atoms with Crippen LogP contribution in [0.25, 0.3) is 0 Å². The number of halogens is 2. The van der Waals surface area contributed by atoms with Crippen LogP contribution in [0, 0.1) is 23.5 Å². The second-order valence-electron chi connectivity index (χ2n) is 8.24. The molecule has 0 N–H and O–H groups in total. The standard InChI is InChI=1S/C22H32F2Si/c1-2-25-20-12-7-17(8-13-20)4-3-16-5-9-18(10-6-16)19-11-14-21(23)22(24)15-19/h11,14-18,20H,2-10,12-13H2,1H3. The Kier molecular flexibility index (Phi) is 7.09. The Bertz CT molecular complexity index is 529. The van der Waals surface area contributed by atoms with Crippen molar-refractivity contribution in [1.82, 2.24) is 0 Å². The molecule has 1 aromatic rings. The highest BCUT2D eigenvalue weighted by Crippen LogP contribution is 2.40. The van der Waals surface area contributed by atoms with Gasteiger partial charge in [0.15, 0.2) is 11.6 Å². The number of benzene rings is 1. The lowest BCUT2D eigenvalue weighted by atomic mass is 9.75. The monoisotopic (exact) mass is 362 g/mol. The lowest BCUT2D eigenvalue weighted by Gasteiger charge is -2.32. The van der Waals surface area contributed by atoms with Gasteiger partial charge in [-0.2, -0.15) is 0 Å². The molecule has 138 valence electrons. The van der Waals surface area contributed by atoms with Gasteiger partial charge in [0.2, 0.25) is 0 Å². The topological polar surface area (TPSA) is 0 Å². The molecule has 0 heterocycles. The van der Waals surface area contributed by atoms with Crippen LogP contribution in [0.2, 0.25) is 11.6 Å². The summed E-state index contributed by atoms with van der Waals surface area (Å²) in [6.45, 7) is 2.32. The van der Waals surface area contributed by atoms with E-state index in [1.54, 1.807) is 6.07 Å². The number of hydrogen-bond acceptors (Lipinski definition) is 0. The molecule has 0 unspecified atom stereocenters. The zero-order valence-electron chi connectivity index (χ0n) is 15.6. The van der Waals surface area contributed by atoms with Crippen LogP contribution in [-0.2, 0) is 0 Å². The second-order valence-corrected chi connectivity index (χ2v) is 10.2. The molecule has 0 saturated heterocycles. The van der Waals surface area contributed by atoms with E-state index in [0.29, 0.717) is 5.92 Å². The smallest absolute Gasteiger partial charge is 0.159 e. The first-order valence-corrected chi connectivity index (χ1v) is 11.6. The van der Waals surface area contributed by atoms with Gasteiger partial charge in [0, 0.05) is 9.52 Å². The van der Waals surface area contributed by atoms with Crippen LogP contribution >= 0.6 is 0 Å². The Morgan fingerprint density at radius 1 is 0.840 bits per heavy atom. The molecular formula is C22H32F2Si. The Morgan fingerprint density at radius 2 is 1.44 bits per heavy atom. The molecule has 0 bridgehead atoms. The minimum absolute atomic E-state index is 0.428. The van der Waals surface area contributed by atoms with Crippen molar-refractivity contribution >= 4 is 9.52 Å². The fourth-order valence-electron chi connectivity index (χ4n) is 4.97. The summed E-state index contributed by atoms with van der Waals surface area (Å²) in [7, 11) is 1.19. The fourth-order valence-corrected chi connectivity index (χ4v) is 6.29. The molecule has 0 aliphatic heterocycles. The van der Waals surface area contributed by atoms with Crippen LogP contribution in [-0.4, -0.2) is 9.52 Å². The molecule has 2 aliphatic rings. The molecule has 0 aromatic heterocycles. The van der Waals surface area contributed by atoms with Crippen molar-refractivity contribution < 1.29 is 8.78 Å². The van der Waals surface area contributed by atoms with Crippen LogP contribution in [0.15, 0.2) is 18.2 Å². The first kappa shape index (κ1) is 19.1. The van der Waals surface area contributed by atoms with Crippen molar-refractivity contribution in [3.63, 3.8) is 0 Å². The molecule has 25 heavy (non-hydrogen) atoms. The Hall–Kier alpha value is -0.703. The molecule has 0 spiro atoms. The van der Waals surface area contributed by atoms with E-state index in [-0.39, 0.29) is 0 Å². The number of hydrogen-bond donors (Lipinski definition) is 0. The summed E-state index contributed by atoms with van der Waals surface area (Å²) in [5.41, 5.74) is 2.03. The van der Waals surface area contributed by atoms with Crippen molar-refractivity contribution in [2.45, 2.75) is 88.6 Å². The van der Waals surface area contributed by atoms with E-state index in [9.17, 15) is 8.78 Å². The summed E-state index contributed by atoms with van der Waals surface area (Å²) in [6.07, 6.45) is 13.5. The fraction of sp³-hybridized carbons (Fsp3) is 0.727. The summed E-state index contributed by atoms with van der Waals surface area (Å²) in [6, 6.07) is 5.84. The van der Waals surface area contributed by atoms with E-state index < -0.39 is 11.6 Å². The van der Waals surface area contributed by atoms with Gasteiger partial charge in [0.05, 0.1) is 0 Å². The minimum atomic E-state index is -0.730. The van der Waals surface area contributed by atoms with Crippen LogP contribution in [0.4, 0.5) is 8.78 Å². The quantitative estimate of drug-likeness (QED) is 0.472. The predicted molar refractivity (Wildman–Crippen MR) is 102 cm³/mol. The lowest BCUT2D eigenvalue weighted by molar-refractivity contribution is 0.261. The molecule has 1 aromatic carbocycles. The molecular weight excluding hydrogens is 330 g/mol. The van der Waals surface area contributed by atoms with E-state index in [1.807, 2.05) is 0 Å². The van der Waals surface area contributed by atoms with E-state index in [1.165, 1.54) is 79.1 Å². The molecule has 2 aliphatic carbocycles. The highest BCUT2D eigenvalue weighted by molar-refractivity contribution is 6.37. The lowest BCUT2D eigenvalue weighted by Crippen LogP contribution is -2.18.